The molecule has 38 heavy (non-hydrogen) atoms. The van der Waals surface area contributed by atoms with Gasteiger partial charge in [0, 0.05) is 12.7 Å². The molecule has 7 nitrogen and oxygen atoms in total. The Kier molecular flexibility index (Phi) is 33.2. The highest BCUT2D eigenvalue weighted by Crippen LogP contribution is 2.13. The number of hydrogen-bond acceptors (Lipinski definition) is 7. The molecule has 7 heteroatoms. The molecule has 0 heterocycles. The summed E-state index contributed by atoms with van der Waals surface area (Å²) in [5, 5.41) is 0. The van der Waals surface area contributed by atoms with Crippen LogP contribution in [0.15, 0.2) is 12.7 Å². The van der Waals surface area contributed by atoms with Crippen LogP contribution in [-0.4, -0.2) is 78.6 Å². The van der Waals surface area contributed by atoms with E-state index in [4.69, 9.17) is 28.4 Å². The molecule has 226 valence electrons. The van der Waals surface area contributed by atoms with Crippen LogP contribution >= 0.6 is 0 Å². The lowest BCUT2D eigenvalue weighted by molar-refractivity contribution is -0.139. The Morgan fingerprint density at radius 3 is 1.08 bits per heavy atom. The zero-order valence-electron chi connectivity index (χ0n) is 24.7. The molecular formula is C31H60O7. The molecule has 0 aromatic carbocycles. The van der Waals surface area contributed by atoms with Crippen LogP contribution in [0.2, 0.25) is 0 Å². The maximum atomic E-state index is 10.8. The van der Waals surface area contributed by atoms with Gasteiger partial charge < -0.3 is 28.4 Å². The summed E-state index contributed by atoms with van der Waals surface area (Å²) >= 11 is 0. The summed E-state index contributed by atoms with van der Waals surface area (Å²) in [6.07, 6.45) is 23.3. The minimum absolute atomic E-state index is 0.221. The van der Waals surface area contributed by atoms with Gasteiger partial charge in [-0.15, -0.1) is 0 Å². The smallest absolute Gasteiger partial charge is 0.330 e. The Bertz CT molecular complexity index is 473. The number of hydrogen-bond donors (Lipinski definition) is 0. The van der Waals surface area contributed by atoms with Crippen LogP contribution in [0, 0.1) is 0 Å². The minimum atomic E-state index is -0.441. The summed E-state index contributed by atoms with van der Waals surface area (Å²) in [5.41, 5.74) is 0. The SMILES string of the molecule is C=CC(=O)OCCOCCOCCOCCOCCOCCCCCCCCCCCCCCCCCC. The van der Waals surface area contributed by atoms with Crippen LogP contribution in [0.5, 0.6) is 0 Å². The van der Waals surface area contributed by atoms with E-state index >= 15 is 0 Å². The van der Waals surface area contributed by atoms with Crippen LogP contribution in [-0.2, 0) is 33.2 Å². The van der Waals surface area contributed by atoms with Gasteiger partial charge >= 0.3 is 5.97 Å². The van der Waals surface area contributed by atoms with Gasteiger partial charge in [-0.3, -0.25) is 0 Å². The minimum Gasteiger partial charge on any atom is -0.460 e. The molecule has 0 rings (SSSR count). The first-order chi connectivity index (χ1) is 18.8. The third-order valence-electron chi connectivity index (χ3n) is 6.27. The molecule has 0 bridgehead atoms. The number of ether oxygens (including phenoxy) is 6. The molecule has 0 aliphatic rings. The lowest BCUT2D eigenvalue weighted by Gasteiger charge is -2.08. The van der Waals surface area contributed by atoms with Gasteiger partial charge in [0.25, 0.3) is 0 Å². The van der Waals surface area contributed by atoms with Crippen molar-refractivity contribution < 1.29 is 33.2 Å². The molecule has 0 saturated carbocycles. The lowest BCUT2D eigenvalue weighted by Crippen LogP contribution is -2.14. The second-order valence-electron chi connectivity index (χ2n) is 9.74. The molecule has 0 fully saturated rings. The molecule has 0 aromatic heterocycles. The highest BCUT2D eigenvalue weighted by molar-refractivity contribution is 5.81. The fraction of sp³-hybridized carbons (Fsp3) is 0.903. The quantitative estimate of drug-likeness (QED) is 0.0497. The van der Waals surface area contributed by atoms with Crippen molar-refractivity contribution in [2.45, 2.75) is 110 Å². The summed E-state index contributed by atoms with van der Waals surface area (Å²) in [6, 6.07) is 0. The second kappa shape index (κ2) is 34.0. The van der Waals surface area contributed by atoms with Crippen molar-refractivity contribution in [1.82, 2.24) is 0 Å². The van der Waals surface area contributed by atoms with Gasteiger partial charge in [0.2, 0.25) is 0 Å². The van der Waals surface area contributed by atoms with Crippen molar-refractivity contribution in [2.24, 2.45) is 0 Å². The Balaban J connectivity index is 3.04. The maximum Gasteiger partial charge on any atom is 0.330 e. The monoisotopic (exact) mass is 544 g/mol. The number of carbonyl (C=O) groups is 1. The van der Waals surface area contributed by atoms with Crippen molar-refractivity contribution in [3.05, 3.63) is 12.7 Å². The maximum absolute atomic E-state index is 10.8. The molecule has 0 radical (unpaired) electrons. The van der Waals surface area contributed by atoms with E-state index in [1.807, 2.05) is 0 Å². The Hall–Kier alpha value is -0.990. The van der Waals surface area contributed by atoms with Crippen molar-refractivity contribution in [1.29, 1.82) is 0 Å². The number of unbranched alkanes of at least 4 members (excludes halogenated alkanes) is 15. The van der Waals surface area contributed by atoms with E-state index in [9.17, 15) is 4.79 Å². The molecule has 0 aromatic rings. The fourth-order valence-corrected chi connectivity index (χ4v) is 3.99. The largest absolute Gasteiger partial charge is 0.460 e. The predicted molar refractivity (Wildman–Crippen MR) is 155 cm³/mol. The van der Waals surface area contributed by atoms with E-state index in [1.54, 1.807) is 0 Å². The van der Waals surface area contributed by atoms with Crippen LogP contribution in [0.3, 0.4) is 0 Å². The van der Waals surface area contributed by atoms with Crippen LogP contribution < -0.4 is 0 Å². The van der Waals surface area contributed by atoms with Crippen LogP contribution in [0.1, 0.15) is 110 Å². The molecule has 0 unspecified atom stereocenters. The van der Waals surface area contributed by atoms with Crippen molar-refractivity contribution >= 4 is 5.97 Å². The normalized spacial score (nSPS) is 11.2. The molecule has 0 aliphatic heterocycles. The first-order valence-corrected chi connectivity index (χ1v) is 15.5. The average molecular weight is 545 g/mol. The second-order valence-corrected chi connectivity index (χ2v) is 9.74. The van der Waals surface area contributed by atoms with E-state index in [2.05, 4.69) is 13.5 Å². The van der Waals surface area contributed by atoms with Crippen molar-refractivity contribution in [2.75, 3.05) is 72.7 Å². The summed E-state index contributed by atoms with van der Waals surface area (Å²) in [6.45, 7) is 11.3. The number of rotatable bonds is 33. The zero-order chi connectivity index (χ0) is 27.6. The van der Waals surface area contributed by atoms with Crippen molar-refractivity contribution in [3.63, 3.8) is 0 Å². The fourth-order valence-electron chi connectivity index (χ4n) is 3.99. The topological polar surface area (TPSA) is 72.5 Å². The molecule has 0 spiro atoms. The zero-order valence-corrected chi connectivity index (χ0v) is 24.7. The van der Waals surface area contributed by atoms with E-state index < -0.39 is 5.97 Å². The first-order valence-electron chi connectivity index (χ1n) is 15.5. The highest BCUT2D eigenvalue weighted by atomic mass is 16.6. The standard InChI is InChI=1S/C31H60O7/c1-3-5-6-7-8-9-10-11-12-13-14-15-16-17-18-19-20-33-21-22-34-23-24-35-25-26-36-27-28-37-29-30-38-31(32)4-2/h4H,2-3,5-30H2,1H3. The highest BCUT2D eigenvalue weighted by Gasteiger charge is 1.97. The third kappa shape index (κ3) is 33.0. The molecule has 0 saturated heterocycles. The third-order valence-corrected chi connectivity index (χ3v) is 6.27. The first kappa shape index (κ1) is 37.0. The molecule has 0 aliphatic carbocycles. The van der Waals surface area contributed by atoms with Gasteiger partial charge in [-0.1, -0.05) is 110 Å². The Morgan fingerprint density at radius 2 is 0.737 bits per heavy atom. The molecule has 0 N–H and O–H groups in total. The number of carbonyl (C=O) groups excluding carboxylic acids is 1. The predicted octanol–water partition coefficient (Wildman–Crippen LogP) is 7.06. The van der Waals surface area contributed by atoms with E-state index in [0.717, 1.165) is 19.1 Å². The average Bonchev–Trinajstić information content (AvgIpc) is 2.93. The van der Waals surface area contributed by atoms with E-state index in [0.29, 0.717) is 59.5 Å². The van der Waals surface area contributed by atoms with Crippen LogP contribution in [0.4, 0.5) is 0 Å². The van der Waals surface area contributed by atoms with Gasteiger partial charge in [-0.05, 0) is 6.42 Å². The van der Waals surface area contributed by atoms with Crippen molar-refractivity contribution in [3.8, 4) is 0 Å². The van der Waals surface area contributed by atoms with Gasteiger partial charge in [0.1, 0.15) is 6.61 Å². The molecule has 0 atom stereocenters. The summed E-state index contributed by atoms with van der Waals surface area (Å²) < 4.78 is 32.1. The van der Waals surface area contributed by atoms with Gasteiger partial charge in [-0.25, -0.2) is 4.79 Å². The van der Waals surface area contributed by atoms with Gasteiger partial charge in [0.05, 0.1) is 59.5 Å². The molecule has 0 amide bonds. The van der Waals surface area contributed by atoms with E-state index in [-0.39, 0.29) is 6.61 Å². The Labute approximate surface area is 234 Å². The van der Waals surface area contributed by atoms with E-state index in [1.165, 1.54) is 96.3 Å². The summed E-state index contributed by atoms with van der Waals surface area (Å²) in [4.78, 5) is 10.8. The lowest BCUT2D eigenvalue weighted by atomic mass is 10.0. The Morgan fingerprint density at radius 1 is 0.447 bits per heavy atom. The molecular weight excluding hydrogens is 484 g/mol. The summed E-state index contributed by atoms with van der Waals surface area (Å²) in [5.74, 6) is -0.441. The van der Waals surface area contributed by atoms with Gasteiger partial charge in [-0.2, -0.15) is 0 Å². The number of esters is 1. The summed E-state index contributed by atoms with van der Waals surface area (Å²) in [7, 11) is 0. The van der Waals surface area contributed by atoms with Crippen LogP contribution in [0.25, 0.3) is 0 Å². The van der Waals surface area contributed by atoms with Gasteiger partial charge in [0.15, 0.2) is 0 Å².